The number of amides is 1. The SMILES string of the molecule is Cc1ccc(O)c(C)c1-c1c(N)c(C(N)=O)nc2c(F)cccc12. The molecule has 1 heterocycles. The minimum atomic E-state index is -0.839. The Balaban J connectivity index is 2.57. The summed E-state index contributed by atoms with van der Waals surface area (Å²) in [4.78, 5) is 15.7. The maximum atomic E-state index is 14.2. The number of benzene rings is 2. The van der Waals surface area contributed by atoms with Crippen LogP contribution in [-0.2, 0) is 0 Å². The number of anilines is 1. The Bertz CT molecular complexity index is 999. The highest BCUT2D eigenvalue weighted by Gasteiger charge is 2.22. The lowest BCUT2D eigenvalue weighted by atomic mass is 9.90. The highest BCUT2D eigenvalue weighted by molar-refractivity contribution is 6.09. The number of primary amides is 1. The van der Waals surface area contributed by atoms with Gasteiger partial charge >= 0.3 is 0 Å². The van der Waals surface area contributed by atoms with E-state index in [0.29, 0.717) is 22.1 Å². The maximum absolute atomic E-state index is 14.2. The summed E-state index contributed by atoms with van der Waals surface area (Å²) in [5, 5.41) is 10.5. The van der Waals surface area contributed by atoms with Crippen LogP contribution in [0.5, 0.6) is 5.75 Å². The molecule has 0 saturated carbocycles. The number of hydrogen-bond donors (Lipinski definition) is 3. The van der Waals surface area contributed by atoms with Gasteiger partial charge in [-0.25, -0.2) is 9.37 Å². The number of fused-ring (bicyclic) bond motifs is 1. The van der Waals surface area contributed by atoms with E-state index in [9.17, 15) is 14.3 Å². The Hall–Kier alpha value is -3.15. The molecule has 0 radical (unpaired) electrons. The van der Waals surface area contributed by atoms with Crippen molar-refractivity contribution in [2.75, 3.05) is 5.73 Å². The van der Waals surface area contributed by atoms with Crippen molar-refractivity contribution in [2.24, 2.45) is 5.73 Å². The van der Waals surface area contributed by atoms with Crippen molar-refractivity contribution >= 4 is 22.5 Å². The summed E-state index contributed by atoms with van der Waals surface area (Å²) >= 11 is 0. The lowest BCUT2D eigenvalue weighted by Crippen LogP contribution is -2.17. The molecular formula is C18H16FN3O2. The van der Waals surface area contributed by atoms with Crippen molar-refractivity contribution in [1.82, 2.24) is 4.98 Å². The number of nitrogens with zero attached hydrogens (tertiary/aromatic N) is 1. The first-order valence-electron chi connectivity index (χ1n) is 7.30. The van der Waals surface area contributed by atoms with Crippen molar-refractivity contribution in [3.05, 3.63) is 53.0 Å². The molecule has 3 rings (SSSR count). The van der Waals surface area contributed by atoms with Gasteiger partial charge in [0, 0.05) is 10.9 Å². The third-order valence-electron chi connectivity index (χ3n) is 4.13. The van der Waals surface area contributed by atoms with Gasteiger partial charge in [-0.2, -0.15) is 0 Å². The second-order valence-electron chi connectivity index (χ2n) is 5.65. The first kappa shape index (κ1) is 15.7. The molecule has 0 aliphatic carbocycles. The summed E-state index contributed by atoms with van der Waals surface area (Å²) in [6, 6.07) is 7.77. The molecule has 2 aromatic carbocycles. The summed E-state index contributed by atoms with van der Waals surface area (Å²) in [6.07, 6.45) is 0. The van der Waals surface area contributed by atoms with Crippen LogP contribution in [0, 0.1) is 19.7 Å². The number of aromatic nitrogens is 1. The van der Waals surface area contributed by atoms with Crippen LogP contribution in [-0.4, -0.2) is 16.0 Å². The topological polar surface area (TPSA) is 102 Å². The zero-order chi connectivity index (χ0) is 17.6. The van der Waals surface area contributed by atoms with E-state index in [4.69, 9.17) is 11.5 Å². The van der Waals surface area contributed by atoms with Gasteiger partial charge in [-0.05, 0) is 42.7 Å². The van der Waals surface area contributed by atoms with E-state index in [0.717, 1.165) is 5.56 Å². The Morgan fingerprint density at radius 1 is 1.17 bits per heavy atom. The molecule has 122 valence electrons. The molecule has 0 bridgehead atoms. The number of carbonyl (C=O) groups excluding carboxylic acids is 1. The van der Waals surface area contributed by atoms with Crippen molar-refractivity contribution in [1.29, 1.82) is 0 Å². The number of pyridine rings is 1. The first-order valence-corrected chi connectivity index (χ1v) is 7.30. The predicted octanol–water partition coefficient (Wildman–Crippen LogP) is 3.04. The molecule has 0 fully saturated rings. The summed E-state index contributed by atoms with van der Waals surface area (Å²) in [5.41, 5.74) is 13.9. The highest BCUT2D eigenvalue weighted by atomic mass is 19.1. The van der Waals surface area contributed by atoms with Crippen LogP contribution in [0.15, 0.2) is 30.3 Å². The second kappa shape index (κ2) is 5.49. The molecule has 5 N–H and O–H groups in total. The molecule has 0 spiro atoms. The van der Waals surface area contributed by atoms with Gasteiger partial charge in [0.15, 0.2) is 5.69 Å². The number of nitrogen functional groups attached to an aromatic ring is 1. The van der Waals surface area contributed by atoms with E-state index >= 15 is 0 Å². The minimum absolute atomic E-state index is 0.0117. The van der Waals surface area contributed by atoms with Crippen LogP contribution < -0.4 is 11.5 Å². The van der Waals surface area contributed by atoms with E-state index in [2.05, 4.69) is 4.98 Å². The van der Waals surface area contributed by atoms with Crippen molar-refractivity contribution in [2.45, 2.75) is 13.8 Å². The minimum Gasteiger partial charge on any atom is -0.508 e. The molecule has 1 amide bonds. The highest BCUT2D eigenvalue weighted by Crippen LogP contribution is 2.41. The second-order valence-corrected chi connectivity index (χ2v) is 5.65. The van der Waals surface area contributed by atoms with E-state index in [-0.39, 0.29) is 22.6 Å². The predicted molar refractivity (Wildman–Crippen MR) is 91.2 cm³/mol. The van der Waals surface area contributed by atoms with Crippen LogP contribution in [0.3, 0.4) is 0 Å². The Labute approximate surface area is 137 Å². The quantitative estimate of drug-likeness (QED) is 0.674. The van der Waals surface area contributed by atoms with E-state index < -0.39 is 11.7 Å². The molecule has 0 aliphatic heterocycles. The lowest BCUT2D eigenvalue weighted by Gasteiger charge is -2.17. The van der Waals surface area contributed by atoms with E-state index in [1.807, 2.05) is 6.92 Å². The number of halogens is 1. The Morgan fingerprint density at radius 2 is 1.88 bits per heavy atom. The number of carbonyl (C=O) groups is 1. The number of phenols is 1. The largest absolute Gasteiger partial charge is 0.508 e. The van der Waals surface area contributed by atoms with Gasteiger partial charge in [-0.1, -0.05) is 18.2 Å². The molecule has 1 aromatic heterocycles. The summed E-state index contributed by atoms with van der Waals surface area (Å²) in [5.74, 6) is -1.34. The molecule has 5 nitrogen and oxygen atoms in total. The molecule has 0 saturated heterocycles. The van der Waals surface area contributed by atoms with Gasteiger partial charge in [0.1, 0.15) is 17.1 Å². The van der Waals surface area contributed by atoms with Crippen LogP contribution >= 0.6 is 0 Å². The Morgan fingerprint density at radius 3 is 2.54 bits per heavy atom. The summed E-state index contributed by atoms with van der Waals surface area (Å²) in [6.45, 7) is 3.57. The zero-order valence-electron chi connectivity index (χ0n) is 13.2. The molecule has 6 heteroatoms. The molecule has 3 aromatic rings. The fourth-order valence-corrected chi connectivity index (χ4v) is 2.94. The Kier molecular flexibility index (Phi) is 3.60. The van der Waals surface area contributed by atoms with Crippen molar-refractivity contribution in [3.8, 4) is 16.9 Å². The molecule has 0 unspecified atom stereocenters. The van der Waals surface area contributed by atoms with Gasteiger partial charge in [-0.15, -0.1) is 0 Å². The molecule has 24 heavy (non-hydrogen) atoms. The number of nitrogens with two attached hydrogens (primary N) is 2. The summed E-state index contributed by atoms with van der Waals surface area (Å²) in [7, 11) is 0. The first-order chi connectivity index (χ1) is 11.3. The van der Waals surface area contributed by atoms with Gasteiger partial charge < -0.3 is 16.6 Å². The van der Waals surface area contributed by atoms with Gasteiger partial charge in [0.25, 0.3) is 5.91 Å². The third-order valence-corrected chi connectivity index (χ3v) is 4.13. The van der Waals surface area contributed by atoms with Crippen LogP contribution in [0.1, 0.15) is 21.6 Å². The number of aryl methyl sites for hydroxylation is 1. The van der Waals surface area contributed by atoms with Gasteiger partial charge in [0.2, 0.25) is 0 Å². The van der Waals surface area contributed by atoms with E-state index in [1.54, 1.807) is 31.2 Å². The fraction of sp³-hybridized carbons (Fsp3) is 0.111. The monoisotopic (exact) mass is 325 g/mol. The standard InChI is InChI=1S/C18H16FN3O2/c1-8-6-7-12(23)9(2)13(8)14-10-4-3-5-11(19)16(10)22-17(15(14)20)18(21)24/h3-7,23H,20H2,1-2H3,(H2,21,24). The van der Waals surface area contributed by atoms with Gasteiger partial charge in [0.05, 0.1) is 5.69 Å². The van der Waals surface area contributed by atoms with Crippen molar-refractivity contribution in [3.63, 3.8) is 0 Å². The van der Waals surface area contributed by atoms with Crippen LogP contribution in [0.25, 0.3) is 22.0 Å². The van der Waals surface area contributed by atoms with E-state index in [1.165, 1.54) is 6.07 Å². The number of para-hydroxylation sites is 1. The van der Waals surface area contributed by atoms with Crippen molar-refractivity contribution < 1.29 is 14.3 Å². The zero-order valence-corrected chi connectivity index (χ0v) is 13.2. The molecule has 0 atom stereocenters. The molecule has 0 aliphatic rings. The molecular weight excluding hydrogens is 309 g/mol. The number of aromatic hydroxyl groups is 1. The van der Waals surface area contributed by atoms with Crippen LogP contribution in [0.4, 0.5) is 10.1 Å². The third kappa shape index (κ3) is 2.23. The normalized spacial score (nSPS) is 11.0. The number of hydrogen-bond acceptors (Lipinski definition) is 4. The average molecular weight is 325 g/mol. The number of phenolic OH excluding ortho intramolecular Hbond substituents is 1. The lowest BCUT2D eigenvalue weighted by molar-refractivity contribution is 0.0997. The maximum Gasteiger partial charge on any atom is 0.269 e. The van der Waals surface area contributed by atoms with Crippen LogP contribution in [0.2, 0.25) is 0 Å². The smallest absolute Gasteiger partial charge is 0.269 e. The number of rotatable bonds is 2. The fourth-order valence-electron chi connectivity index (χ4n) is 2.94. The average Bonchev–Trinajstić information content (AvgIpc) is 2.53. The van der Waals surface area contributed by atoms with Gasteiger partial charge in [-0.3, -0.25) is 4.79 Å². The summed E-state index contributed by atoms with van der Waals surface area (Å²) < 4.78 is 14.2.